The molecule has 1 aromatic heterocycles. The first-order valence-electron chi connectivity index (χ1n) is 7.05. The van der Waals surface area contributed by atoms with Gasteiger partial charge in [-0.15, -0.1) is 11.6 Å². The highest BCUT2D eigenvalue weighted by molar-refractivity contribution is 6.22. The maximum atomic E-state index is 13.4. The van der Waals surface area contributed by atoms with E-state index in [1.807, 2.05) is 30.3 Å². The normalized spacial score (nSPS) is 12.7. The van der Waals surface area contributed by atoms with E-state index < -0.39 is 0 Å². The van der Waals surface area contributed by atoms with Crippen LogP contribution in [0.2, 0.25) is 0 Å². The summed E-state index contributed by atoms with van der Waals surface area (Å²) in [4.78, 5) is 4.56. The summed E-state index contributed by atoms with van der Waals surface area (Å²) >= 11 is 6.61. The molecule has 0 bridgehead atoms. The van der Waals surface area contributed by atoms with E-state index >= 15 is 0 Å². The first-order valence-corrected chi connectivity index (χ1v) is 7.49. The standard InChI is InChI=1S/C17H16ClFN2/c1-2-10-21-15-9-8-13(19)11-14(15)20-17(21)16(18)12-6-4-3-5-7-12/h3-9,11,16H,2,10H2,1H3. The molecule has 2 aromatic carbocycles. The zero-order valence-corrected chi connectivity index (χ0v) is 12.5. The monoisotopic (exact) mass is 302 g/mol. The van der Waals surface area contributed by atoms with E-state index in [0.717, 1.165) is 29.9 Å². The molecule has 2 nitrogen and oxygen atoms in total. The summed E-state index contributed by atoms with van der Waals surface area (Å²) in [7, 11) is 0. The van der Waals surface area contributed by atoms with Crippen LogP contribution in [0, 0.1) is 5.82 Å². The molecular weight excluding hydrogens is 287 g/mol. The van der Waals surface area contributed by atoms with Crippen LogP contribution >= 0.6 is 11.6 Å². The van der Waals surface area contributed by atoms with Crippen LogP contribution in [0.15, 0.2) is 48.5 Å². The molecule has 0 radical (unpaired) electrons. The van der Waals surface area contributed by atoms with E-state index in [-0.39, 0.29) is 11.2 Å². The Morgan fingerprint density at radius 2 is 1.95 bits per heavy atom. The minimum absolute atomic E-state index is 0.277. The first kappa shape index (κ1) is 14.1. The first-order chi connectivity index (χ1) is 10.2. The molecule has 0 saturated carbocycles. The zero-order chi connectivity index (χ0) is 14.8. The summed E-state index contributed by atoms with van der Waals surface area (Å²) in [6.45, 7) is 2.92. The third-order valence-electron chi connectivity index (χ3n) is 3.51. The third-order valence-corrected chi connectivity index (χ3v) is 3.95. The summed E-state index contributed by atoms with van der Waals surface area (Å²) < 4.78 is 15.5. The highest BCUT2D eigenvalue weighted by Gasteiger charge is 2.19. The fourth-order valence-corrected chi connectivity index (χ4v) is 2.86. The van der Waals surface area contributed by atoms with Crippen LogP contribution in [-0.2, 0) is 6.54 Å². The van der Waals surface area contributed by atoms with Gasteiger partial charge in [0.2, 0.25) is 0 Å². The third kappa shape index (κ3) is 2.66. The fourth-order valence-electron chi connectivity index (χ4n) is 2.54. The SMILES string of the molecule is CCCn1c(C(Cl)c2ccccc2)nc2cc(F)ccc21. The molecular formula is C17H16ClFN2. The molecule has 21 heavy (non-hydrogen) atoms. The number of rotatable bonds is 4. The van der Waals surface area contributed by atoms with Gasteiger partial charge in [-0.05, 0) is 24.1 Å². The van der Waals surface area contributed by atoms with Crippen molar-refractivity contribution in [3.63, 3.8) is 0 Å². The maximum Gasteiger partial charge on any atom is 0.132 e. The number of aromatic nitrogens is 2. The Bertz CT molecular complexity index is 752. The van der Waals surface area contributed by atoms with E-state index in [1.54, 1.807) is 6.07 Å². The van der Waals surface area contributed by atoms with E-state index in [0.29, 0.717) is 5.52 Å². The van der Waals surface area contributed by atoms with Gasteiger partial charge in [0.1, 0.15) is 17.0 Å². The van der Waals surface area contributed by atoms with Crippen LogP contribution in [0.3, 0.4) is 0 Å². The van der Waals surface area contributed by atoms with Crippen molar-refractivity contribution in [1.82, 2.24) is 9.55 Å². The predicted molar refractivity (Wildman–Crippen MR) is 84.1 cm³/mol. The Kier molecular flexibility index (Phi) is 3.93. The smallest absolute Gasteiger partial charge is 0.132 e. The van der Waals surface area contributed by atoms with Crippen molar-refractivity contribution in [3.05, 3.63) is 65.7 Å². The lowest BCUT2D eigenvalue weighted by molar-refractivity contribution is 0.629. The number of fused-ring (bicyclic) bond motifs is 1. The van der Waals surface area contributed by atoms with Crippen LogP contribution < -0.4 is 0 Å². The lowest BCUT2D eigenvalue weighted by atomic mass is 10.1. The second kappa shape index (κ2) is 5.86. The van der Waals surface area contributed by atoms with Crippen LogP contribution in [0.5, 0.6) is 0 Å². The fraction of sp³-hybridized carbons (Fsp3) is 0.235. The van der Waals surface area contributed by atoms with Crippen molar-refractivity contribution in [2.24, 2.45) is 0 Å². The average molecular weight is 303 g/mol. The highest BCUT2D eigenvalue weighted by Crippen LogP contribution is 2.31. The molecule has 1 unspecified atom stereocenters. The van der Waals surface area contributed by atoms with Crippen LogP contribution in [0.1, 0.15) is 30.1 Å². The van der Waals surface area contributed by atoms with Gasteiger partial charge in [0.15, 0.2) is 0 Å². The lowest BCUT2D eigenvalue weighted by Gasteiger charge is -2.13. The second-order valence-electron chi connectivity index (χ2n) is 5.03. The van der Waals surface area contributed by atoms with Gasteiger partial charge < -0.3 is 4.57 Å². The van der Waals surface area contributed by atoms with Gasteiger partial charge in [-0.1, -0.05) is 37.3 Å². The molecule has 0 N–H and O–H groups in total. The number of hydrogen-bond donors (Lipinski definition) is 0. The molecule has 0 amide bonds. The summed E-state index contributed by atoms with van der Waals surface area (Å²) in [5.74, 6) is 0.492. The van der Waals surface area contributed by atoms with Gasteiger partial charge in [0.05, 0.1) is 11.0 Å². The Morgan fingerprint density at radius 1 is 1.19 bits per heavy atom. The highest BCUT2D eigenvalue weighted by atomic mass is 35.5. The summed E-state index contributed by atoms with van der Waals surface area (Å²) in [5.41, 5.74) is 2.57. The Labute approximate surface area is 128 Å². The van der Waals surface area contributed by atoms with Crippen molar-refractivity contribution in [3.8, 4) is 0 Å². The number of halogens is 2. The topological polar surface area (TPSA) is 17.8 Å². The summed E-state index contributed by atoms with van der Waals surface area (Å²) in [6.07, 6.45) is 0.967. The van der Waals surface area contributed by atoms with Crippen LogP contribution in [0.25, 0.3) is 11.0 Å². The lowest BCUT2D eigenvalue weighted by Crippen LogP contribution is -2.06. The summed E-state index contributed by atoms with van der Waals surface area (Å²) in [5, 5.41) is -0.340. The van der Waals surface area contributed by atoms with E-state index in [2.05, 4.69) is 16.5 Å². The Hall–Kier alpha value is -1.87. The average Bonchev–Trinajstić information content (AvgIpc) is 2.85. The number of aryl methyl sites for hydroxylation is 1. The largest absolute Gasteiger partial charge is 0.326 e. The number of alkyl halides is 1. The quantitative estimate of drug-likeness (QED) is 0.626. The van der Waals surface area contributed by atoms with E-state index in [9.17, 15) is 4.39 Å². The van der Waals surface area contributed by atoms with E-state index in [4.69, 9.17) is 11.6 Å². The second-order valence-corrected chi connectivity index (χ2v) is 5.46. The van der Waals surface area contributed by atoms with Gasteiger partial charge >= 0.3 is 0 Å². The number of nitrogens with zero attached hydrogens (tertiary/aromatic N) is 2. The Morgan fingerprint density at radius 3 is 2.67 bits per heavy atom. The minimum atomic E-state index is -0.340. The molecule has 1 atom stereocenters. The van der Waals surface area contributed by atoms with Crippen molar-refractivity contribution >= 4 is 22.6 Å². The van der Waals surface area contributed by atoms with E-state index in [1.165, 1.54) is 12.1 Å². The number of hydrogen-bond acceptors (Lipinski definition) is 1. The Balaban J connectivity index is 2.14. The zero-order valence-electron chi connectivity index (χ0n) is 11.8. The molecule has 0 aliphatic heterocycles. The van der Waals surface area contributed by atoms with Crippen LogP contribution in [0.4, 0.5) is 4.39 Å². The summed E-state index contributed by atoms with van der Waals surface area (Å²) in [6, 6.07) is 14.5. The van der Waals surface area contributed by atoms with Crippen molar-refractivity contribution in [2.45, 2.75) is 25.3 Å². The van der Waals surface area contributed by atoms with Crippen molar-refractivity contribution in [1.29, 1.82) is 0 Å². The molecule has 1 heterocycles. The van der Waals surface area contributed by atoms with Gasteiger partial charge in [0, 0.05) is 12.6 Å². The molecule has 0 aliphatic carbocycles. The minimum Gasteiger partial charge on any atom is -0.326 e. The maximum absolute atomic E-state index is 13.4. The van der Waals surface area contributed by atoms with Crippen molar-refractivity contribution < 1.29 is 4.39 Å². The van der Waals surface area contributed by atoms with Crippen molar-refractivity contribution in [2.75, 3.05) is 0 Å². The van der Waals surface area contributed by atoms with Gasteiger partial charge in [-0.25, -0.2) is 9.37 Å². The molecule has 4 heteroatoms. The number of imidazole rings is 1. The van der Waals surface area contributed by atoms with Crippen LogP contribution in [-0.4, -0.2) is 9.55 Å². The molecule has 0 spiro atoms. The molecule has 3 rings (SSSR count). The predicted octanol–water partition coefficient (Wildman–Crippen LogP) is 4.91. The molecule has 0 fully saturated rings. The van der Waals surface area contributed by atoms with Gasteiger partial charge in [-0.2, -0.15) is 0 Å². The number of benzene rings is 2. The molecule has 3 aromatic rings. The van der Waals surface area contributed by atoms with Gasteiger partial charge in [0.25, 0.3) is 0 Å². The molecule has 0 aliphatic rings. The molecule has 108 valence electrons. The van der Waals surface area contributed by atoms with Gasteiger partial charge in [-0.3, -0.25) is 0 Å². The molecule has 0 saturated heterocycles.